The summed E-state index contributed by atoms with van der Waals surface area (Å²) in [6, 6.07) is 15.1. The lowest BCUT2D eigenvalue weighted by atomic mass is 10.1. The van der Waals surface area contributed by atoms with E-state index < -0.39 is 0 Å². The van der Waals surface area contributed by atoms with Crippen LogP contribution in [0.25, 0.3) is 0 Å². The molecule has 0 aliphatic carbocycles. The lowest BCUT2D eigenvalue weighted by Crippen LogP contribution is -2.43. The summed E-state index contributed by atoms with van der Waals surface area (Å²) in [6.45, 7) is 1.57. The molecule has 154 valence electrons. The van der Waals surface area contributed by atoms with Crippen LogP contribution in [0, 0.1) is 0 Å². The Morgan fingerprint density at radius 2 is 1.83 bits per heavy atom. The van der Waals surface area contributed by atoms with Crippen LogP contribution in [0.1, 0.15) is 17.5 Å². The average Bonchev–Trinajstić information content (AvgIpc) is 3.07. The molecule has 29 heavy (non-hydrogen) atoms. The largest absolute Gasteiger partial charge is 0.493 e. The van der Waals surface area contributed by atoms with Crippen molar-refractivity contribution in [2.75, 3.05) is 27.3 Å². The second kappa shape index (κ2) is 9.82. The average molecular weight is 397 g/mol. The van der Waals surface area contributed by atoms with Crippen molar-refractivity contribution in [2.24, 2.45) is 0 Å². The van der Waals surface area contributed by atoms with E-state index in [0.29, 0.717) is 44.0 Å². The lowest BCUT2D eigenvalue weighted by molar-refractivity contribution is -0.128. The fourth-order valence-electron chi connectivity index (χ4n) is 3.42. The van der Waals surface area contributed by atoms with Gasteiger partial charge in [-0.2, -0.15) is 0 Å². The van der Waals surface area contributed by atoms with Crippen LogP contribution in [0.2, 0.25) is 0 Å². The Morgan fingerprint density at radius 1 is 1.07 bits per heavy atom. The molecule has 0 saturated carbocycles. The lowest BCUT2D eigenvalue weighted by Gasteiger charge is -2.17. The van der Waals surface area contributed by atoms with E-state index in [1.165, 1.54) is 0 Å². The van der Waals surface area contributed by atoms with Crippen molar-refractivity contribution in [3.63, 3.8) is 0 Å². The highest BCUT2D eigenvalue weighted by Crippen LogP contribution is 2.27. The van der Waals surface area contributed by atoms with Gasteiger partial charge < -0.3 is 25.0 Å². The van der Waals surface area contributed by atoms with E-state index in [4.69, 9.17) is 9.47 Å². The third-order valence-corrected chi connectivity index (χ3v) is 4.91. The number of nitrogens with one attached hydrogen (secondary N) is 2. The summed E-state index contributed by atoms with van der Waals surface area (Å²) in [5, 5.41) is 5.75. The maximum absolute atomic E-state index is 12.2. The van der Waals surface area contributed by atoms with Crippen LogP contribution in [0.4, 0.5) is 4.79 Å². The highest BCUT2D eigenvalue weighted by atomic mass is 16.5. The third kappa shape index (κ3) is 5.63. The molecule has 1 atom stereocenters. The van der Waals surface area contributed by atoms with Gasteiger partial charge in [-0.15, -0.1) is 0 Å². The molecular formula is C22H27N3O4. The van der Waals surface area contributed by atoms with Gasteiger partial charge in [-0.3, -0.25) is 4.79 Å². The molecule has 3 amide bonds. The normalized spacial score (nSPS) is 15.9. The molecular weight excluding hydrogens is 370 g/mol. The topological polar surface area (TPSA) is 79.9 Å². The van der Waals surface area contributed by atoms with Crippen molar-refractivity contribution in [1.29, 1.82) is 0 Å². The van der Waals surface area contributed by atoms with E-state index >= 15 is 0 Å². The number of amides is 3. The van der Waals surface area contributed by atoms with Gasteiger partial charge in [-0.1, -0.05) is 36.4 Å². The Balaban J connectivity index is 1.42. The van der Waals surface area contributed by atoms with E-state index in [2.05, 4.69) is 10.6 Å². The van der Waals surface area contributed by atoms with Crippen molar-refractivity contribution in [3.05, 3.63) is 59.7 Å². The third-order valence-electron chi connectivity index (χ3n) is 4.91. The molecule has 1 aliphatic heterocycles. The summed E-state index contributed by atoms with van der Waals surface area (Å²) >= 11 is 0. The predicted octanol–water partition coefficient (Wildman–Crippen LogP) is 2.35. The van der Waals surface area contributed by atoms with Crippen LogP contribution in [-0.4, -0.2) is 50.2 Å². The Labute approximate surface area is 171 Å². The smallest absolute Gasteiger partial charge is 0.315 e. The Morgan fingerprint density at radius 3 is 2.55 bits per heavy atom. The standard InChI is InChI=1S/C22H27N3O4/c1-28-19-9-8-16(12-20(19)29-2)10-11-23-22(27)24-18-13-21(26)25(15-18)14-17-6-4-3-5-7-17/h3-9,12,18H,10-11,13-15H2,1-2H3,(H2,23,24,27). The second-order valence-electron chi connectivity index (χ2n) is 7.00. The summed E-state index contributed by atoms with van der Waals surface area (Å²) < 4.78 is 10.5. The second-order valence-corrected chi connectivity index (χ2v) is 7.00. The number of likely N-dealkylation sites (tertiary alicyclic amines) is 1. The zero-order chi connectivity index (χ0) is 20.6. The minimum Gasteiger partial charge on any atom is -0.493 e. The number of urea groups is 1. The maximum atomic E-state index is 12.2. The zero-order valence-electron chi connectivity index (χ0n) is 16.8. The summed E-state index contributed by atoms with van der Waals surface area (Å²) in [5.41, 5.74) is 2.12. The summed E-state index contributed by atoms with van der Waals surface area (Å²) in [7, 11) is 3.19. The molecule has 0 radical (unpaired) electrons. The molecule has 0 aromatic heterocycles. The van der Waals surface area contributed by atoms with E-state index in [9.17, 15) is 9.59 Å². The molecule has 1 saturated heterocycles. The quantitative estimate of drug-likeness (QED) is 0.717. The van der Waals surface area contributed by atoms with Gasteiger partial charge in [-0.25, -0.2) is 4.79 Å². The van der Waals surface area contributed by atoms with E-state index in [0.717, 1.165) is 11.1 Å². The number of rotatable bonds is 8. The summed E-state index contributed by atoms with van der Waals surface area (Å²) in [4.78, 5) is 26.2. The first-order valence-corrected chi connectivity index (χ1v) is 9.66. The van der Waals surface area contributed by atoms with Gasteiger partial charge in [0.2, 0.25) is 5.91 Å². The van der Waals surface area contributed by atoms with Crippen molar-refractivity contribution >= 4 is 11.9 Å². The van der Waals surface area contributed by atoms with Crippen molar-refractivity contribution in [3.8, 4) is 11.5 Å². The number of hydrogen-bond donors (Lipinski definition) is 2. The number of carbonyl (C=O) groups is 2. The monoisotopic (exact) mass is 397 g/mol. The van der Waals surface area contributed by atoms with E-state index in [1.807, 2.05) is 48.5 Å². The molecule has 1 heterocycles. The molecule has 2 aromatic rings. The molecule has 3 rings (SSSR count). The first kappa shape index (κ1) is 20.5. The van der Waals surface area contributed by atoms with Gasteiger partial charge in [0, 0.05) is 26.1 Å². The maximum Gasteiger partial charge on any atom is 0.315 e. The van der Waals surface area contributed by atoms with Gasteiger partial charge in [-0.05, 0) is 29.7 Å². The van der Waals surface area contributed by atoms with Crippen molar-refractivity contribution in [2.45, 2.75) is 25.4 Å². The number of carbonyl (C=O) groups excluding carboxylic acids is 2. The molecule has 1 aliphatic rings. The molecule has 0 spiro atoms. The number of benzene rings is 2. The van der Waals surface area contributed by atoms with E-state index in [1.54, 1.807) is 19.1 Å². The fraction of sp³-hybridized carbons (Fsp3) is 0.364. The Kier molecular flexibility index (Phi) is 6.94. The van der Waals surface area contributed by atoms with Crippen LogP contribution < -0.4 is 20.1 Å². The van der Waals surface area contributed by atoms with Crippen LogP contribution in [-0.2, 0) is 17.8 Å². The SMILES string of the molecule is COc1ccc(CCNC(=O)NC2CC(=O)N(Cc3ccccc3)C2)cc1OC. The molecule has 1 unspecified atom stereocenters. The van der Waals surface area contributed by atoms with Gasteiger partial charge in [0.05, 0.1) is 20.3 Å². The fourth-order valence-corrected chi connectivity index (χ4v) is 3.42. The molecule has 2 N–H and O–H groups in total. The number of methoxy groups -OCH3 is 2. The number of hydrogen-bond acceptors (Lipinski definition) is 4. The van der Waals surface area contributed by atoms with Crippen LogP contribution in [0.3, 0.4) is 0 Å². The summed E-state index contributed by atoms with van der Waals surface area (Å²) in [6.07, 6.45) is 0.993. The van der Waals surface area contributed by atoms with Crippen LogP contribution in [0.15, 0.2) is 48.5 Å². The van der Waals surface area contributed by atoms with Crippen molar-refractivity contribution < 1.29 is 19.1 Å². The highest BCUT2D eigenvalue weighted by Gasteiger charge is 2.30. The van der Waals surface area contributed by atoms with Crippen LogP contribution >= 0.6 is 0 Å². The van der Waals surface area contributed by atoms with Gasteiger partial charge >= 0.3 is 6.03 Å². The van der Waals surface area contributed by atoms with E-state index in [-0.39, 0.29) is 18.0 Å². The van der Waals surface area contributed by atoms with Gasteiger partial charge in [0.25, 0.3) is 0 Å². The molecule has 1 fully saturated rings. The first-order chi connectivity index (χ1) is 14.1. The van der Waals surface area contributed by atoms with Crippen LogP contribution in [0.5, 0.6) is 11.5 Å². The molecule has 0 bridgehead atoms. The number of ether oxygens (including phenoxy) is 2. The molecule has 2 aromatic carbocycles. The highest BCUT2D eigenvalue weighted by molar-refractivity contribution is 5.81. The van der Waals surface area contributed by atoms with Crippen molar-refractivity contribution in [1.82, 2.24) is 15.5 Å². The summed E-state index contributed by atoms with van der Waals surface area (Å²) in [5.74, 6) is 1.40. The first-order valence-electron chi connectivity index (χ1n) is 9.66. The van der Waals surface area contributed by atoms with Gasteiger partial charge in [0.1, 0.15) is 0 Å². The predicted molar refractivity (Wildman–Crippen MR) is 110 cm³/mol. The Bertz CT molecular complexity index is 841. The Hall–Kier alpha value is -3.22. The zero-order valence-corrected chi connectivity index (χ0v) is 16.8. The molecule has 7 heteroatoms. The molecule has 7 nitrogen and oxygen atoms in total. The minimum absolute atomic E-state index is 0.0597. The minimum atomic E-state index is -0.259. The number of nitrogens with zero attached hydrogens (tertiary/aromatic N) is 1. The van der Waals surface area contributed by atoms with Gasteiger partial charge in [0.15, 0.2) is 11.5 Å².